The SMILES string of the molecule is CC(NC(=O)Nc1ccc2c(c1)CCC2)c1ccc(S(C)(=O)=O)cc1. The van der Waals surface area contributed by atoms with E-state index >= 15 is 0 Å². The summed E-state index contributed by atoms with van der Waals surface area (Å²) in [6.07, 6.45) is 4.52. The van der Waals surface area contributed by atoms with Crippen molar-refractivity contribution < 1.29 is 13.2 Å². The molecule has 0 aromatic heterocycles. The summed E-state index contributed by atoms with van der Waals surface area (Å²) in [5.41, 5.74) is 4.31. The molecular weight excluding hydrogens is 336 g/mol. The van der Waals surface area contributed by atoms with Crippen LogP contribution in [0.5, 0.6) is 0 Å². The third kappa shape index (κ3) is 4.20. The van der Waals surface area contributed by atoms with E-state index in [1.165, 1.54) is 23.8 Å². The summed E-state index contributed by atoms with van der Waals surface area (Å²) in [4.78, 5) is 12.5. The maximum Gasteiger partial charge on any atom is 0.319 e. The van der Waals surface area contributed by atoms with Crippen molar-refractivity contribution in [1.29, 1.82) is 0 Å². The molecule has 0 saturated heterocycles. The molecule has 25 heavy (non-hydrogen) atoms. The van der Waals surface area contributed by atoms with Crippen LogP contribution in [0.1, 0.15) is 36.1 Å². The summed E-state index contributed by atoms with van der Waals surface area (Å²) in [7, 11) is -3.21. The number of carbonyl (C=O) groups excluding carboxylic acids is 1. The van der Waals surface area contributed by atoms with Gasteiger partial charge < -0.3 is 10.6 Å². The van der Waals surface area contributed by atoms with Crippen LogP contribution in [0.15, 0.2) is 47.4 Å². The number of aryl methyl sites for hydroxylation is 2. The smallest absolute Gasteiger partial charge is 0.319 e. The Hall–Kier alpha value is -2.34. The van der Waals surface area contributed by atoms with Crippen LogP contribution < -0.4 is 10.6 Å². The van der Waals surface area contributed by atoms with E-state index in [1.807, 2.05) is 19.1 Å². The van der Waals surface area contributed by atoms with E-state index < -0.39 is 9.84 Å². The van der Waals surface area contributed by atoms with Crippen molar-refractivity contribution >= 4 is 21.6 Å². The molecule has 5 nitrogen and oxygen atoms in total. The van der Waals surface area contributed by atoms with E-state index in [1.54, 1.807) is 24.3 Å². The van der Waals surface area contributed by atoms with Crippen LogP contribution in [0.4, 0.5) is 10.5 Å². The van der Waals surface area contributed by atoms with E-state index in [-0.39, 0.29) is 17.0 Å². The summed E-state index contributed by atoms with van der Waals surface area (Å²) in [5.74, 6) is 0. The number of amides is 2. The van der Waals surface area contributed by atoms with E-state index in [4.69, 9.17) is 0 Å². The average molecular weight is 358 g/mol. The Balaban J connectivity index is 1.62. The third-order valence-corrected chi connectivity index (χ3v) is 5.64. The molecule has 1 aliphatic carbocycles. The highest BCUT2D eigenvalue weighted by atomic mass is 32.2. The van der Waals surface area contributed by atoms with Crippen LogP contribution in [-0.2, 0) is 22.7 Å². The van der Waals surface area contributed by atoms with Gasteiger partial charge in [0.15, 0.2) is 9.84 Å². The van der Waals surface area contributed by atoms with Gasteiger partial charge in [-0.25, -0.2) is 13.2 Å². The van der Waals surface area contributed by atoms with E-state index in [0.29, 0.717) is 0 Å². The third-order valence-electron chi connectivity index (χ3n) is 4.51. The topological polar surface area (TPSA) is 75.3 Å². The standard InChI is InChI=1S/C19H22N2O3S/c1-13(14-7-10-18(11-8-14)25(2,23)24)20-19(22)21-17-9-6-15-4-3-5-16(15)12-17/h6-13H,3-5H2,1-2H3,(H2,20,21,22). The Labute approximate surface area is 148 Å². The van der Waals surface area contributed by atoms with Crippen molar-refractivity contribution in [3.8, 4) is 0 Å². The lowest BCUT2D eigenvalue weighted by atomic mass is 10.1. The highest BCUT2D eigenvalue weighted by Crippen LogP contribution is 2.25. The quantitative estimate of drug-likeness (QED) is 0.879. The highest BCUT2D eigenvalue weighted by molar-refractivity contribution is 7.90. The van der Waals surface area contributed by atoms with Crippen LogP contribution in [0.3, 0.4) is 0 Å². The minimum atomic E-state index is -3.21. The fraction of sp³-hybridized carbons (Fsp3) is 0.316. The van der Waals surface area contributed by atoms with Crippen LogP contribution >= 0.6 is 0 Å². The molecule has 0 saturated carbocycles. The predicted octanol–water partition coefficient (Wildman–Crippen LogP) is 3.46. The predicted molar refractivity (Wildman–Crippen MR) is 98.6 cm³/mol. The molecule has 1 aliphatic rings. The Morgan fingerprint density at radius 2 is 1.72 bits per heavy atom. The summed E-state index contributed by atoms with van der Waals surface area (Å²) >= 11 is 0. The molecule has 1 unspecified atom stereocenters. The zero-order valence-corrected chi connectivity index (χ0v) is 15.2. The maximum absolute atomic E-state index is 12.2. The molecule has 0 heterocycles. The van der Waals surface area contributed by atoms with Gasteiger partial charge >= 0.3 is 6.03 Å². The first-order chi connectivity index (χ1) is 11.8. The first-order valence-electron chi connectivity index (χ1n) is 8.32. The van der Waals surface area contributed by atoms with E-state index in [0.717, 1.165) is 24.1 Å². The van der Waals surface area contributed by atoms with Crippen molar-refractivity contribution in [3.63, 3.8) is 0 Å². The molecule has 3 rings (SSSR count). The van der Waals surface area contributed by atoms with Crippen molar-refractivity contribution in [1.82, 2.24) is 5.32 Å². The Kier molecular flexibility index (Phi) is 4.81. The molecule has 6 heteroatoms. The van der Waals surface area contributed by atoms with Crippen LogP contribution in [-0.4, -0.2) is 20.7 Å². The number of hydrogen-bond acceptors (Lipinski definition) is 3. The van der Waals surface area contributed by atoms with Gasteiger partial charge in [0.05, 0.1) is 10.9 Å². The number of anilines is 1. The molecule has 2 aromatic rings. The van der Waals surface area contributed by atoms with Gasteiger partial charge in [0.25, 0.3) is 0 Å². The van der Waals surface area contributed by atoms with Gasteiger partial charge in [0.1, 0.15) is 0 Å². The van der Waals surface area contributed by atoms with Gasteiger partial charge in [0.2, 0.25) is 0 Å². The number of rotatable bonds is 4. The molecule has 0 spiro atoms. The average Bonchev–Trinajstić information content (AvgIpc) is 3.01. The van der Waals surface area contributed by atoms with Gasteiger partial charge in [-0.15, -0.1) is 0 Å². The lowest BCUT2D eigenvalue weighted by Gasteiger charge is -2.16. The number of carbonyl (C=O) groups is 1. The summed E-state index contributed by atoms with van der Waals surface area (Å²) < 4.78 is 23.0. The summed E-state index contributed by atoms with van der Waals surface area (Å²) in [6.45, 7) is 1.86. The Bertz CT molecular complexity index is 889. The molecular formula is C19H22N2O3S. The Morgan fingerprint density at radius 1 is 1.04 bits per heavy atom. The molecule has 0 fully saturated rings. The second-order valence-corrected chi connectivity index (χ2v) is 8.51. The molecule has 2 N–H and O–H groups in total. The normalized spacial score (nSPS) is 14.6. The number of benzene rings is 2. The number of urea groups is 1. The number of sulfone groups is 1. The first-order valence-corrected chi connectivity index (χ1v) is 10.2. The van der Waals surface area contributed by atoms with Crippen molar-refractivity contribution in [2.75, 3.05) is 11.6 Å². The van der Waals surface area contributed by atoms with Crippen LogP contribution in [0, 0.1) is 0 Å². The molecule has 0 radical (unpaired) electrons. The van der Waals surface area contributed by atoms with Gasteiger partial charge in [-0.05, 0) is 67.1 Å². The highest BCUT2D eigenvalue weighted by Gasteiger charge is 2.14. The lowest BCUT2D eigenvalue weighted by Crippen LogP contribution is -2.31. The summed E-state index contributed by atoms with van der Waals surface area (Å²) in [5, 5.41) is 5.73. The van der Waals surface area contributed by atoms with Crippen molar-refractivity contribution in [2.45, 2.75) is 37.1 Å². The molecule has 0 aliphatic heterocycles. The Morgan fingerprint density at radius 3 is 2.40 bits per heavy atom. The molecule has 0 bridgehead atoms. The molecule has 1 atom stereocenters. The monoisotopic (exact) mass is 358 g/mol. The number of nitrogens with one attached hydrogen (secondary N) is 2. The number of fused-ring (bicyclic) bond motifs is 1. The van der Waals surface area contributed by atoms with Crippen LogP contribution in [0.2, 0.25) is 0 Å². The second-order valence-electron chi connectivity index (χ2n) is 6.50. The zero-order valence-electron chi connectivity index (χ0n) is 14.4. The second kappa shape index (κ2) is 6.88. The zero-order chi connectivity index (χ0) is 18.0. The van der Waals surface area contributed by atoms with E-state index in [2.05, 4.69) is 16.7 Å². The van der Waals surface area contributed by atoms with Gasteiger partial charge in [-0.1, -0.05) is 18.2 Å². The minimum absolute atomic E-state index is 0.233. The van der Waals surface area contributed by atoms with Crippen molar-refractivity contribution in [2.24, 2.45) is 0 Å². The first kappa shape index (κ1) is 17.5. The van der Waals surface area contributed by atoms with Crippen LogP contribution in [0.25, 0.3) is 0 Å². The number of hydrogen-bond donors (Lipinski definition) is 2. The van der Waals surface area contributed by atoms with Gasteiger partial charge in [0, 0.05) is 11.9 Å². The maximum atomic E-state index is 12.2. The van der Waals surface area contributed by atoms with Crippen molar-refractivity contribution in [3.05, 3.63) is 59.2 Å². The molecule has 2 amide bonds. The molecule has 132 valence electrons. The largest absolute Gasteiger partial charge is 0.331 e. The molecule has 2 aromatic carbocycles. The van der Waals surface area contributed by atoms with E-state index in [9.17, 15) is 13.2 Å². The summed E-state index contributed by atoms with van der Waals surface area (Å²) in [6, 6.07) is 12.1. The lowest BCUT2D eigenvalue weighted by molar-refractivity contribution is 0.249. The van der Waals surface area contributed by atoms with Gasteiger partial charge in [-0.2, -0.15) is 0 Å². The van der Waals surface area contributed by atoms with Gasteiger partial charge in [-0.3, -0.25) is 0 Å². The minimum Gasteiger partial charge on any atom is -0.331 e. The fourth-order valence-corrected chi connectivity index (χ4v) is 3.73. The fourth-order valence-electron chi connectivity index (χ4n) is 3.10.